The van der Waals surface area contributed by atoms with Gasteiger partial charge >= 0.3 is 0 Å². The van der Waals surface area contributed by atoms with E-state index in [0.717, 1.165) is 29.3 Å². The molecular weight excluding hydrogens is 272 g/mol. The number of amides is 1. The second-order valence-electron chi connectivity index (χ2n) is 6.32. The maximum atomic E-state index is 12.7. The number of pyridine rings is 1. The Hall–Kier alpha value is -1.90. The second-order valence-corrected chi connectivity index (χ2v) is 6.32. The SMILES string of the molecule is CN(C(=O)Cc1cccc2cccnc12)C1CCCCCC1. The van der Waals surface area contributed by atoms with Crippen LogP contribution in [0, 0.1) is 0 Å². The predicted molar refractivity (Wildman–Crippen MR) is 89.7 cm³/mol. The van der Waals surface area contributed by atoms with Crippen molar-refractivity contribution in [2.45, 2.75) is 51.0 Å². The van der Waals surface area contributed by atoms with Crippen LogP contribution in [0.2, 0.25) is 0 Å². The molecule has 0 atom stereocenters. The monoisotopic (exact) mass is 296 g/mol. The summed E-state index contributed by atoms with van der Waals surface area (Å²) in [5, 5.41) is 1.10. The normalized spacial score (nSPS) is 16.4. The van der Waals surface area contributed by atoms with Crippen LogP contribution in [0.1, 0.15) is 44.1 Å². The fourth-order valence-corrected chi connectivity index (χ4v) is 3.45. The van der Waals surface area contributed by atoms with E-state index in [1.54, 1.807) is 6.20 Å². The second kappa shape index (κ2) is 6.91. The molecule has 0 saturated heterocycles. The molecule has 1 aliphatic carbocycles. The summed E-state index contributed by atoms with van der Waals surface area (Å²) in [6.45, 7) is 0. The minimum absolute atomic E-state index is 0.213. The molecule has 3 rings (SSSR count). The smallest absolute Gasteiger partial charge is 0.227 e. The van der Waals surface area contributed by atoms with Gasteiger partial charge in [0.15, 0.2) is 0 Å². The molecule has 0 unspecified atom stereocenters. The minimum atomic E-state index is 0.213. The first-order chi connectivity index (χ1) is 10.8. The number of carbonyl (C=O) groups is 1. The number of rotatable bonds is 3. The van der Waals surface area contributed by atoms with Crippen molar-refractivity contribution >= 4 is 16.8 Å². The summed E-state index contributed by atoms with van der Waals surface area (Å²) < 4.78 is 0. The molecule has 0 spiro atoms. The zero-order chi connectivity index (χ0) is 15.4. The molecule has 2 aromatic rings. The van der Waals surface area contributed by atoms with Gasteiger partial charge in [-0.1, -0.05) is 49.9 Å². The van der Waals surface area contributed by atoms with Crippen LogP contribution < -0.4 is 0 Å². The minimum Gasteiger partial charge on any atom is -0.342 e. The first-order valence-corrected chi connectivity index (χ1v) is 8.34. The van der Waals surface area contributed by atoms with Gasteiger partial charge < -0.3 is 4.90 Å². The van der Waals surface area contributed by atoms with E-state index in [0.29, 0.717) is 12.5 Å². The highest BCUT2D eigenvalue weighted by molar-refractivity contribution is 5.87. The van der Waals surface area contributed by atoms with Gasteiger partial charge in [0.2, 0.25) is 5.91 Å². The molecule has 0 N–H and O–H groups in total. The number of fused-ring (bicyclic) bond motifs is 1. The number of nitrogens with zero attached hydrogens (tertiary/aromatic N) is 2. The van der Waals surface area contributed by atoms with Crippen LogP contribution in [0.25, 0.3) is 10.9 Å². The zero-order valence-electron chi connectivity index (χ0n) is 13.3. The molecule has 3 nitrogen and oxygen atoms in total. The Morgan fingerprint density at radius 3 is 2.64 bits per heavy atom. The van der Waals surface area contributed by atoms with E-state index in [1.165, 1.54) is 25.7 Å². The maximum absolute atomic E-state index is 12.7. The van der Waals surface area contributed by atoms with Gasteiger partial charge in [0.05, 0.1) is 11.9 Å². The van der Waals surface area contributed by atoms with E-state index in [2.05, 4.69) is 4.98 Å². The molecule has 116 valence electrons. The van der Waals surface area contributed by atoms with Gasteiger partial charge in [-0.2, -0.15) is 0 Å². The molecule has 0 bridgehead atoms. The third-order valence-corrected chi connectivity index (χ3v) is 4.82. The van der Waals surface area contributed by atoms with Gasteiger partial charge in [0, 0.05) is 24.7 Å². The van der Waals surface area contributed by atoms with Crippen molar-refractivity contribution in [2.24, 2.45) is 0 Å². The summed E-state index contributed by atoms with van der Waals surface area (Å²) in [7, 11) is 1.97. The van der Waals surface area contributed by atoms with Gasteiger partial charge in [-0.25, -0.2) is 0 Å². The van der Waals surface area contributed by atoms with Gasteiger partial charge in [0.25, 0.3) is 0 Å². The summed E-state index contributed by atoms with van der Waals surface area (Å²) in [5.74, 6) is 0.213. The van der Waals surface area contributed by atoms with Crippen LogP contribution in [0.4, 0.5) is 0 Å². The first-order valence-electron chi connectivity index (χ1n) is 8.34. The van der Waals surface area contributed by atoms with Crippen molar-refractivity contribution in [2.75, 3.05) is 7.05 Å². The third-order valence-electron chi connectivity index (χ3n) is 4.82. The van der Waals surface area contributed by atoms with Crippen LogP contribution in [0.3, 0.4) is 0 Å². The van der Waals surface area contributed by atoms with E-state index in [1.807, 2.05) is 42.3 Å². The Morgan fingerprint density at radius 1 is 1.14 bits per heavy atom. The molecule has 22 heavy (non-hydrogen) atoms. The zero-order valence-corrected chi connectivity index (χ0v) is 13.3. The van der Waals surface area contributed by atoms with E-state index in [-0.39, 0.29) is 5.91 Å². The molecule has 1 aromatic heterocycles. The average Bonchev–Trinajstić information content (AvgIpc) is 2.83. The van der Waals surface area contributed by atoms with E-state index < -0.39 is 0 Å². The Labute approximate surface area is 132 Å². The lowest BCUT2D eigenvalue weighted by Crippen LogP contribution is -2.37. The van der Waals surface area contributed by atoms with E-state index in [4.69, 9.17) is 0 Å². The lowest BCUT2D eigenvalue weighted by molar-refractivity contribution is -0.131. The first kappa shape index (κ1) is 15.0. The molecule has 1 heterocycles. The molecular formula is C19H24N2O. The van der Waals surface area contributed by atoms with Crippen LogP contribution in [-0.2, 0) is 11.2 Å². The number of para-hydroxylation sites is 1. The Morgan fingerprint density at radius 2 is 1.86 bits per heavy atom. The van der Waals surface area contributed by atoms with Gasteiger partial charge in [0.1, 0.15) is 0 Å². The molecule has 3 heteroatoms. The molecule has 0 aliphatic heterocycles. The van der Waals surface area contributed by atoms with Crippen molar-refractivity contribution < 1.29 is 4.79 Å². The number of aromatic nitrogens is 1. The standard InChI is InChI=1S/C19H24N2O/c1-21(17-11-4-2-3-5-12-17)18(22)14-16-9-6-8-15-10-7-13-20-19(15)16/h6-10,13,17H,2-5,11-12,14H2,1H3. The van der Waals surface area contributed by atoms with Crippen molar-refractivity contribution in [1.82, 2.24) is 9.88 Å². The lowest BCUT2D eigenvalue weighted by atomic mass is 10.0. The predicted octanol–water partition coefficient (Wildman–Crippen LogP) is 3.96. The molecule has 0 radical (unpaired) electrons. The molecule has 1 amide bonds. The highest BCUT2D eigenvalue weighted by atomic mass is 16.2. The highest BCUT2D eigenvalue weighted by Gasteiger charge is 2.21. The highest BCUT2D eigenvalue weighted by Crippen LogP contribution is 2.22. The van der Waals surface area contributed by atoms with Crippen molar-refractivity contribution in [3.63, 3.8) is 0 Å². The lowest BCUT2D eigenvalue weighted by Gasteiger charge is -2.27. The number of benzene rings is 1. The van der Waals surface area contributed by atoms with Crippen molar-refractivity contribution in [1.29, 1.82) is 0 Å². The number of hydrogen-bond acceptors (Lipinski definition) is 2. The Kier molecular flexibility index (Phi) is 4.71. The van der Waals surface area contributed by atoms with Gasteiger partial charge in [-0.05, 0) is 24.5 Å². The van der Waals surface area contributed by atoms with Crippen molar-refractivity contribution in [3.05, 3.63) is 42.1 Å². The molecule has 1 aromatic carbocycles. The number of hydrogen-bond donors (Lipinski definition) is 0. The Bertz CT molecular complexity index is 639. The quantitative estimate of drug-likeness (QED) is 0.803. The average molecular weight is 296 g/mol. The van der Waals surface area contributed by atoms with Gasteiger partial charge in [-0.15, -0.1) is 0 Å². The summed E-state index contributed by atoms with van der Waals surface area (Å²) in [4.78, 5) is 19.1. The third kappa shape index (κ3) is 3.29. The summed E-state index contributed by atoms with van der Waals surface area (Å²) in [6, 6.07) is 10.5. The van der Waals surface area contributed by atoms with E-state index >= 15 is 0 Å². The molecule has 1 saturated carbocycles. The summed E-state index contributed by atoms with van der Waals surface area (Å²) >= 11 is 0. The topological polar surface area (TPSA) is 33.2 Å². The summed E-state index contributed by atoms with van der Waals surface area (Å²) in [6.07, 6.45) is 9.66. The van der Waals surface area contributed by atoms with Crippen LogP contribution >= 0.6 is 0 Å². The fraction of sp³-hybridized carbons (Fsp3) is 0.474. The van der Waals surface area contributed by atoms with Crippen molar-refractivity contribution in [3.8, 4) is 0 Å². The number of carbonyl (C=O) groups excluding carboxylic acids is 1. The van der Waals surface area contributed by atoms with Crippen LogP contribution in [0.15, 0.2) is 36.5 Å². The largest absolute Gasteiger partial charge is 0.342 e. The van der Waals surface area contributed by atoms with E-state index in [9.17, 15) is 4.79 Å². The molecule has 1 fully saturated rings. The number of likely N-dealkylation sites (N-methyl/N-ethyl adjacent to an activating group) is 1. The van der Waals surface area contributed by atoms with Gasteiger partial charge in [-0.3, -0.25) is 9.78 Å². The Balaban J connectivity index is 1.75. The maximum Gasteiger partial charge on any atom is 0.227 e. The van der Waals surface area contributed by atoms with Crippen LogP contribution in [0.5, 0.6) is 0 Å². The molecule has 1 aliphatic rings. The van der Waals surface area contributed by atoms with Crippen LogP contribution in [-0.4, -0.2) is 28.9 Å². The fourth-order valence-electron chi connectivity index (χ4n) is 3.45. The summed E-state index contributed by atoms with van der Waals surface area (Å²) in [5.41, 5.74) is 1.98.